The number of nitrogens with zero attached hydrogens (tertiary/aromatic N) is 1. The normalized spacial score (nSPS) is 18.8. The van der Waals surface area contributed by atoms with E-state index in [9.17, 15) is 0 Å². The lowest BCUT2D eigenvalue weighted by atomic mass is 10.2. The second-order valence-corrected chi connectivity index (χ2v) is 3.76. The van der Waals surface area contributed by atoms with Gasteiger partial charge < -0.3 is 0 Å². The molecule has 1 heterocycles. The molecule has 0 unspecified atom stereocenters. The van der Waals surface area contributed by atoms with E-state index in [1.807, 2.05) is 0 Å². The molecule has 0 aromatic rings. The molecule has 1 heteroatoms. The molecule has 0 bridgehead atoms. The average Bonchev–Trinajstić information content (AvgIpc) is 2.39. The second kappa shape index (κ2) is 3.91. The zero-order chi connectivity index (χ0) is 8.27. The molecule has 0 amide bonds. The van der Waals surface area contributed by atoms with Gasteiger partial charge in [0.2, 0.25) is 0 Å². The first-order valence-corrected chi connectivity index (χ1v) is 4.55. The van der Waals surface area contributed by atoms with Crippen LogP contribution in [0.2, 0.25) is 0 Å². The highest BCUT2D eigenvalue weighted by atomic mass is 15.1. The summed E-state index contributed by atoms with van der Waals surface area (Å²) >= 11 is 0. The minimum absolute atomic E-state index is 1.20. The van der Waals surface area contributed by atoms with E-state index in [0.717, 1.165) is 0 Å². The minimum atomic E-state index is 1.20. The molecule has 0 aromatic heterocycles. The fourth-order valence-electron chi connectivity index (χ4n) is 1.43. The highest BCUT2D eigenvalue weighted by Crippen LogP contribution is 2.11. The summed E-state index contributed by atoms with van der Waals surface area (Å²) in [5, 5.41) is 0. The van der Waals surface area contributed by atoms with Gasteiger partial charge in [0, 0.05) is 6.54 Å². The van der Waals surface area contributed by atoms with Crippen LogP contribution >= 0.6 is 0 Å². The van der Waals surface area contributed by atoms with Crippen molar-refractivity contribution in [3.8, 4) is 0 Å². The Kier molecular flexibility index (Phi) is 3.13. The van der Waals surface area contributed by atoms with Crippen molar-refractivity contribution in [2.24, 2.45) is 0 Å². The Morgan fingerprint density at radius 2 is 1.64 bits per heavy atom. The van der Waals surface area contributed by atoms with Crippen molar-refractivity contribution in [1.82, 2.24) is 4.90 Å². The molecule has 0 radical (unpaired) electrons. The first-order valence-electron chi connectivity index (χ1n) is 4.55. The van der Waals surface area contributed by atoms with Crippen LogP contribution in [-0.4, -0.2) is 24.5 Å². The van der Waals surface area contributed by atoms with Crippen LogP contribution in [0.1, 0.15) is 33.6 Å². The number of rotatable bonds is 2. The van der Waals surface area contributed by atoms with E-state index in [2.05, 4.69) is 25.7 Å². The summed E-state index contributed by atoms with van der Waals surface area (Å²) in [4.78, 5) is 2.54. The van der Waals surface area contributed by atoms with Gasteiger partial charge in [0.15, 0.2) is 0 Å². The fraction of sp³-hybridized carbons (Fsp3) is 0.800. The molecule has 64 valence electrons. The van der Waals surface area contributed by atoms with E-state index >= 15 is 0 Å². The Labute approximate surface area is 70.1 Å². The van der Waals surface area contributed by atoms with Crippen LogP contribution in [-0.2, 0) is 0 Å². The van der Waals surface area contributed by atoms with Crippen LogP contribution in [0.5, 0.6) is 0 Å². The van der Waals surface area contributed by atoms with Crippen LogP contribution in [0, 0.1) is 0 Å². The monoisotopic (exact) mass is 153 g/mol. The summed E-state index contributed by atoms with van der Waals surface area (Å²) < 4.78 is 0. The Bertz CT molecular complexity index is 148. The van der Waals surface area contributed by atoms with Gasteiger partial charge in [0.05, 0.1) is 0 Å². The molecule has 1 aliphatic rings. The standard InChI is InChI=1S/C10H19N/c1-9(2)10(3)8-11-6-4-5-7-11/h4-8H2,1-3H3. The maximum atomic E-state index is 2.54. The van der Waals surface area contributed by atoms with Crippen LogP contribution in [0.25, 0.3) is 0 Å². The maximum Gasteiger partial charge on any atom is 0.0192 e. The summed E-state index contributed by atoms with van der Waals surface area (Å²) in [7, 11) is 0. The quantitative estimate of drug-likeness (QED) is 0.551. The van der Waals surface area contributed by atoms with E-state index in [4.69, 9.17) is 0 Å². The summed E-state index contributed by atoms with van der Waals surface area (Å²) in [5.74, 6) is 0. The van der Waals surface area contributed by atoms with Gasteiger partial charge in [-0.05, 0) is 46.7 Å². The maximum absolute atomic E-state index is 2.54. The molecule has 1 rings (SSSR count). The van der Waals surface area contributed by atoms with Crippen molar-refractivity contribution in [3.05, 3.63) is 11.1 Å². The predicted molar refractivity (Wildman–Crippen MR) is 49.7 cm³/mol. The lowest BCUT2D eigenvalue weighted by molar-refractivity contribution is 0.367. The van der Waals surface area contributed by atoms with Gasteiger partial charge in [-0.2, -0.15) is 0 Å². The second-order valence-electron chi connectivity index (χ2n) is 3.76. The molecule has 0 spiro atoms. The van der Waals surface area contributed by atoms with Crippen LogP contribution in [0.4, 0.5) is 0 Å². The third kappa shape index (κ3) is 2.66. The Morgan fingerprint density at radius 1 is 1.09 bits per heavy atom. The van der Waals surface area contributed by atoms with Crippen molar-refractivity contribution in [2.45, 2.75) is 33.6 Å². The van der Waals surface area contributed by atoms with Crippen LogP contribution in [0.3, 0.4) is 0 Å². The van der Waals surface area contributed by atoms with Gasteiger partial charge in [-0.25, -0.2) is 0 Å². The fourth-order valence-corrected chi connectivity index (χ4v) is 1.43. The SMILES string of the molecule is CC(C)=C(C)CN1CCCC1. The molecule has 0 saturated carbocycles. The molecule has 1 fully saturated rings. The summed E-state index contributed by atoms with van der Waals surface area (Å²) in [6.45, 7) is 10.5. The molecular weight excluding hydrogens is 134 g/mol. The molecule has 11 heavy (non-hydrogen) atoms. The highest BCUT2D eigenvalue weighted by molar-refractivity contribution is 5.08. The van der Waals surface area contributed by atoms with Crippen molar-refractivity contribution < 1.29 is 0 Å². The first-order chi connectivity index (χ1) is 5.20. The van der Waals surface area contributed by atoms with Gasteiger partial charge >= 0.3 is 0 Å². The van der Waals surface area contributed by atoms with E-state index in [1.165, 1.54) is 38.0 Å². The molecule has 0 N–H and O–H groups in total. The lowest BCUT2D eigenvalue weighted by Gasteiger charge is -2.15. The van der Waals surface area contributed by atoms with Crippen molar-refractivity contribution in [2.75, 3.05) is 19.6 Å². The van der Waals surface area contributed by atoms with E-state index in [0.29, 0.717) is 0 Å². The molecule has 1 saturated heterocycles. The van der Waals surface area contributed by atoms with Crippen LogP contribution in [0.15, 0.2) is 11.1 Å². The van der Waals surface area contributed by atoms with Crippen molar-refractivity contribution >= 4 is 0 Å². The Balaban J connectivity index is 2.35. The van der Waals surface area contributed by atoms with E-state index < -0.39 is 0 Å². The lowest BCUT2D eigenvalue weighted by Crippen LogP contribution is -2.21. The third-order valence-corrected chi connectivity index (χ3v) is 2.51. The molecule has 0 aliphatic carbocycles. The molecule has 0 atom stereocenters. The van der Waals surface area contributed by atoms with Crippen molar-refractivity contribution in [3.63, 3.8) is 0 Å². The predicted octanol–water partition coefficient (Wildman–Crippen LogP) is 2.44. The third-order valence-electron chi connectivity index (χ3n) is 2.51. The number of hydrogen-bond donors (Lipinski definition) is 0. The average molecular weight is 153 g/mol. The van der Waals surface area contributed by atoms with E-state index in [1.54, 1.807) is 5.57 Å². The van der Waals surface area contributed by atoms with Crippen molar-refractivity contribution in [1.29, 1.82) is 0 Å². The first kappa shape index (κ1) is 8.79. The summed E-state index contributed by atoms with van der Waals surface area (Å²) in [5.41, 5.74) is 3.03. The molecule has 0 aromatic carbocycles. The molecular formula is C10H19N. The molecule has 1 aliphatic heterocycles. The largest absolute Gasteiger partial charge is 0.299 e. The minimum Gasteiger partial charge on any atom is -0.299 e. The zero-order valence-corrected chi connectivity index (χ0v) is 7.98. The number of likely N-dealkylation sites (tertiary alicyclic amines) is 1. The topological polar surface area (TPSA) is 3.24 Å². The Hall–Kier alpha value is -0.300. The van der Waals surface area contributed by atoms with Gasteiger partial charge in [-0.3, -0.25) is 4.90 Å². The van der Waals surface area contributed by atoms with Gasteiger partial charge in [0.1, 0.15) is 0 Å². The summed E-state index contributed by atoms with van der Waals surface area (Å²) in [6.07, 6.45) is 2.80. The van der Waals surface area contributed by atoms with Crippen LogP contribution < -0.4 is 0 Å². The number of hydrogen-bond acceptors (Lipinski definition) is 1. The van der Waals surface area contributed by atoms with Gasteiger partial charge in [-0.1, -0.05) is 11.1 Å². The number of allylic oxidation sites excluding steroid dienone is 1. The van der Waals surface area contributed by atoms with Gasteiger partial charge in [0.25, 0.3) is 0 Å². The Morgan fingerprint density at radius 3 is 2.09 bits per heavy atom. The van der Waals surface area contributed by atoms with Gasteiger partial charge in [-0.15, -0.1) is 0 Å². The smallest absolute Gasteiger partial charge is 0.0192 e. The summed E-state index contributed by atoms with van der Waals surface area (Å²) in [6, 6.07) is 0. The zero-order valence-electron chi connectivity index (χ0n) is 7.98. The molecule has 1 nitrogen and oxygen atoms in total. The van der Waals surface area contributed by atoms with E-state index in [-0.39, 0.29) is 0 Å². The highest BCUT2D eigenvalue weighted by Gasteiger charge is 2.11.